The van der Waals surface area contributed by atoms with Gasteiger partial charge in [-0.3, -0.25) is 0 Å². The monoisotopic (exact) mass is 414 g/mol. The third-order valence-electron chi connectivity index (χ3n) is 8.55. The van der Waals surface area contributed by atoms with Crippen LogP contribution < -0.4 is 0 Å². The van der Waals surface area contributed by atoms with Crippen molar-refractivity contribution in [3.05, 3.63) is 34.6 Å². The molecule has 0 aliphatic heterocycles. The summed E-state index contributed by atoms with van der Waals surface area (Å²) in [5.74, 6) is 2.97. The van der Waals surface area contributed by atoms with Gasteiger partial charge in [0.05, 0.1) is 6.10 Å². The first-order valence-corrected chi connectivity index (χ1v) is 13.1. The standard InChI is InChI=1S/C28H43FO/c1-3-5-6-7-8-20-9-15-26-23(17-20)13-16-27(28(26)29)24-11-10-22-19-25(30-4-2)14-12-21(22)18-24/h13,16,20-22,24-25H,3-12,14-15,17-19H2,1-2H3. The van der Waals surface area contributed by atoms with Crippen molar-refractivity contribution < 1.29 is 9.13 Å². The number of fused-ring (bicyclic) bond motifs is 2. The molecular weight excluding hydrogens is 371 g/mol. The third-order valence-corrected chi connectivity index (χ3v) is 8.55. The minimum absolute atomic E-state index is 0.170. The van der Waals surface area contributed by atoms with E-state index < -0.39 is 0 Å². The molecule has 0 amide bonds. The summed E-state index contributed by atoms with van der Waals surface area (Å²) in [6.07, 6.45) is 17.8. The van der Waals surface area contributed by atoms with E-state index in [1.54, 1.807) is 0 Å². The zero-order chi connectivity index (χ0) is 20.9. The Morgan fingerprint density at radius 1 is 0.933 bits per heavy atom. The fourth-order valence-electron chi connectivity index (χ4n) is 6.84. The van der Waals surface area contributed by atoms with Gasteiger partial charge in [-0.05, 0) is 105 Å². The largest absolute Gasteiger partial charge is 0.378 e. The highest BCUT2D eigenvalue weighted by atomic mass is 19.1. The van der Waals surface area contributed by atoms with Gasteiger partial charge >= 0.3 is 0 Å². The quantitative estimate of drug-likeness (QED) is 0.392. The van der Waals surface area contributed by atoms with E-state index in [2.05, 4.69) is 26.0 Å². The lowest BCUT2D eigenvalue weighted by Crippen LogP contribution is -2.34. The molecule has 0 saturated heterocycles. The Hall–Kier alpha value is -0.890. The van der Waals surface area contributed by atoms with E-state index in [1.165, 1.54) is 76.2 Å². The molecule has 5 unspecified atom stereocenters. The van der Waals surface area contributed by atoms with E-state index in [-0.39, 0.29) is 5.82 Å². The fraction of sp³-hybridized carbons (Fsp3) is 0.786. The van der Waals surface area contributed by atoms with Crippen molar-refractivity contribution in [2.45, 2.75) is 116 Å². The van der Waals surface area contributed by atoms with Gasteiger partial charge in [0.1, 0.15) is 5.82 Å². The molecule has 5 atom stereocenters. The SMILES string of the molecule is CCCCCCC1CCc2c(ccc(C3CCC4CC(OCC)CCC4C3)c2F)C1. The second-order valence-corrected chi connectivity index (χ2v) is 10.5. The van der Waals surface area contributed by atoms with Crippen molar-refractivity contribution in [2.75, 3.05) is 6.61 Å². The Bertz CT molecular complexity index is 683. The van der Waals surface area contributed by atoms with Gasteiger partial charge in [-0.1, -0.05) is 51.2 Å². The lowest BCUT2D eigenvalue weighted by atomic mass is 9.65. The van der Waals surface area contributed by atoms with Crippen LogP contribution in [0, 0.1) is 23.6 Å². The maximum Gasteiger partial charge on any atom is 0.130 e. The summed E-state index contributed by atoms with van der Waals surface area (Å²) in [6.45, 7) is 5.22. The summed E-state index contributed by atoms with van der Waals surface area (Å²) in [5, 5.41) is 0. The molecule has 1 nitrogen and oxygen atoms in total. The van der Waals surface area contributed by atoms with Crippen LogP contribution in [0.15, 0.2) is 12.1 Å². The number of benzene rings is 1. The number of hydrogen-bond donors (Lipinski definition) is 0. The maximum absolute atomic E-state index is 15.6. The first kappa shape index (κ1) is 22.3. The van der Waals surface area contributed by atoms with Gasteiger partial charge in [0.15, 0.2) is 0 Å². The van der Waals surface area contributed by atoms with Gasteiger partial charge in [0, 0.05) is 6.61 Å². The second-order valence-electron chi connectivity index (χ2n) is 10.5. The van der Waals surface area contributed by atoms with E-state index in [1.807, 2.05) is 0 Å². The van der Waals surface area contributed by atoms with E-state index in [9.17, 15) is 0 Å². The van der Waals surface area contributed by atoms with Crippen LogP contribution in [-0.4, -0.2) is 12.7 Å². The second kappa shape index (κ2) is 10.6. The number of ether oxygens (including phenoxy) is 1. The Labute approximate surface area is 184 Å². The summed E-state index contributed by atoms with van der Waals surface area (Å²) in [6, 6.07) is 4.47. The lowest BCUT2D eigenvalue weighted by molar-refractivity contribution is -0.00969. The average molecular weight is 415 g/mol. The molecule has 3 aliphatic carbocycles. The molecule has 2 fully saturated rings. The molecule has 1 aromatic rings. The van der Waals surface area contributed by atoms with Crippen LogP contribution in [0.1, 0.15) is 114 Å². The van der Waals surface area contributed by atoms with Crippen LogP contribution in [0.5, 0.6) is 0 Å². The minimum atomic E-state index is 0.170. The van der Waals surface area contributed by atoms with Crippen LogP contribution in [-0.2, 0) is 17.6 Å². The molecule has 0 radical (unpaired) electrons. The van der Waals surface area contributed by atoms with Crippen molar-refractivity contribution in [3.63, 3.8) is 0 Å². The van der Waals surface area contributed by atoms with Crippen molar-refractivity contribution in [1.82, 2.24) is 0 Å². The van der Waals surface area contributed by atoms with Gasteiger partial charge < -0.3 is 4.74 Å². The van der Waals surface area contributed by atoms with Crippen LogP contribution in [0.3, 0.4) is 0 Å². The van der Waals surface area contributed by atoms with Gasteiger partial charge in [-0.25, -0.2) is 4.39 Å². The van der Waals surface area contributed by atoms with Crippen molar-refractivity contribution in [2.24, 2.45) is 17.8 Å². The molecule has 0 aromatic heterocycles. The molecule has 0 bridgehead atoms. The van der Waals surface area contributed by atoms with Crippen molar-refractivity contribution in [1.29, 1.82) is 0 Å². The first-order chi connectivity index (χ1) is 14.7. The molecule has 0 heterocycles. The number of hydrogen-bond acceptors (Lipinski definition) is 1. The number of halogens is 1. The number of rotatable bonds is 8. The third kappa shape index (κ3) is 5.12. The topological polar surface area (TPSA) is 9.23 Å². The Kier molecular flexibility index (Phi) is 7.90. The van der Waals surface area contributed by atoms with Gasteiger partial charge in [-0.2, -0.15) is 0 Å². The van der Waals surface area contributed by atoms with Crippen LogP contribution in [0.2, 0.25) is 0 Å². The molecule has 3 aliphatic rings. The van der Waals surface area contributed by atoms with E-state index in [0.29, 0.717) is 12.0 Å². The molecule has 0 N–H and O–H groups in total. The highest BCUT2D eigenvalue weighted by molar-refractivity contribution is 5.38. The summed E-state index contributed by atoms with van der Waals surface area (Å²) in [4.78, 5) is 0. The van der Waals surface area contributed by atoms with Crippen LogP contribution in [0.4, 0.5) is 4.39 Å². The molecule has 168 valence electrons. The highest BCUT2D eigenvalue weighted by Gasteiger charge is 2.37. The van der Waals surface area contributed by atoms with Crippen molar-refractivity contribution >= 4 is 0 Å². The highest BCUT2D eigenvalue weighted by Crippen LogP contribution is 2.47. The number of unbranched alkanes of at least 4 members (excludes halogenated alkanes) is 3. The molecular formula is C28H43FO. The van der Waals surface area contributed by atoms with E-state index in [4.69, 9.17) is 4.74 Å². The zero-order valence-electron chi connectivity index (χ0n) is 19.4. The summed E-state index contributed by atoms with van der Waals surface area (Å²) < 4.78 is 21.5. The molecule has 2 heteroatoms. The Balaban J connectivity index is 1.36. The normalized spacial score (nSPS) is 31.2. The van der Waals surface area contributed by atoms with Gasteiger partial charge in [0.2, 0.25) is 0 Å². The predicted molar refractivity (Wildman–Crippen MR) is 124 cm³/mol. The molecule has 1 aromatic carbocycles. The fourth-order valence-corrected chi connectivity index (χ4v) is 6.84. The summed E-state index contributed by atoms with van der Waals surface area (Å²) in [7, 11) is 0. The first-order valence-electron chi connectivity index (χ1n) is 13.1. The maximum atomic E-state index is 15.6. The van der Waals surface area contributed by atoms with Crippen LogP contribution in [0.25, 0.3) is 0 Å². The average Bonchev–Trinajstić information content (AvgIpc) is 2.77. The van der Waals surface area contributed by atoms with Crippen molar-refractivity contribution in [3.8, 4) is 0 Å². The van der Waals surface area contributed by atoms with Gasteiger partial charge in [0.25, 0.3) is 0 Å². The Morgan fingerprint density at radius 2 is 1.77 bits per heavy atom. The summed E-state index contributed by atoms with van der Waals surface area (Å²) >= 11 is 0. The zero-order valence-corrected chi connectivity index (χ0v) is 19.4. The van der Waals surface area contributed by atoms with Gasteiger partial charge in [-0.15, -0.1) is 0 Å². The Morgan fingerprint density at radius 3 is 2.60 bits per heavy atom. The summed E-state index contributed by atoms with van der Waals surface area (Å²) in [5.41, 5.74) is 3.42. The smallest absolute Gasteiger partial charge is 0.130 e. The lowest BCUT2D eigenvalue weighted by Gasteiger charge is -2.42. The van der Waals surface area contributed by atoms with Crippen LogP contribution >= 0.6 is 0 Å². The minimum Gasteiger partial charge on any atom is -0.378 e. The van der Waals surface area contributed by atoms with E-state index >= 15 is 4.39 Å². The molecule has 0 spiro atoms. The molecule has 2 saturated carbocycles. The predicted octanol–water partition coefficient (Wildman–Crippen LogP) is 7.99. The molecule has 4 rings (SSSR count). The van der Waals surface area contributed by atoms with E-state index in [0.717, 1.165) is 54.7 Å². The molecule has 30 heavy (non-hydrogen) atoms.